The van der Waals surface area contributed by atoms with E-state index in [0.717, 1.165) is 154 Å². The molecule has 0 fully saturated rings. The molecule has 0 aromatic carbocycles. The molecule has 0 spiro atoms. The van der Waals surface area contributed by atoms with E-state index in [4.69, 9.17) is 32.3 Å². The summed E-state index contributed by atoms with van der Waals surface area (Å²) in [6.07, 6.45) is 101. The summed E-state index contributed by atoms with van der Waals surface area (Å²) < 4.78 is 61.2. The number of aliphatic hydroxyl groups is 2. The second kappa shape index (κ2) is 80.9. The Morgan fingerprint density at radius 2 is 0.495 bits per heavy atom. The number of phosphoric ester groups is 2. The molecule has 5 unspecified atom stereocenters. The van der Waals surface area contributed by atoms with Gasteiger partial charge in [-0.3, -0.25) is 32.5 Å². The van der Waals surface area contributed by atoms with Crippen LogP contribution in [0.3, 0.4) is 0 Å². The highest BCUT2D eigenvalue weighted by atomic mass is 31.2. The van der Waals surface area contributed by atoms with Gasteiger partial charge in [-0.1, -0.05) is 327 Å². The molecule has 614 valence electrons. The molecule has 0 saturated carbocycles. The summed E-state index contributed by atoms with van der Waals surface area (Å²) >= 11 is 0. The quantitative estimate of drug-likeness (QED) is 0.0146. The van der Waals surface area contributed by atoms with Crippen molar-refractivity contribution in [1.29, 1.82) is 0 Å². The molecule has 0 saturated heterocycles. The summed E-state index contributed by atoms with van der Waals surface area (Å²) in [7, 11) is -9.80. The number of unbranched alkanes of at least 4 members (excludes halogenated alkanes) is 32. The van der Waals surface area contributed by atoms with Crippen LogP contribution < -0.4 is 0 Å². The number of aliphatic hydroxyl groups excluding tert-OH is 2. The predicted octanol–water partition coefficient (Wildman–Crippen LogP) is 25.2. The number of esters is 3. The van der Waals surface area contributed by atoms with Gasteiger partial charge in [-0.25, -0.2) is 9.13 Å². The molecule has 0 aliphatic carbocycles. The van der Waals surface area contributed by atoms with Crippen molar-refractivity contribution >= 4 is 33.6 Å². The van der Waals surface area contributed by atoms with Crippen LogP contribution in [0.15, 0.2) is 146 Å². The molecule has 18 heteroatoms. The Balaban J connectivity index is 4.41. The summed E-state index contributed by atoms with van der Waals surface area (Å²) in [5.41, 5.74) is 0. The minimum absolute atomic E-state index is 0.0859. The highest BCUT2D eigenvalue weighted by Gasteiger charge is 2.29. The fourth-order valence-corrected chi connectivity index (χ4v) is 12.8. The van der Waals surface area contributed by atoms with Crippen LogP contribution in [0.4, 0.5) is 0 Å². The van der Waals surface area contributed by atoms with Crippen LogP contribution in [-0.2, 0) is 55.8 Å². The summed E-state index contributed by atoms with van der Waals surface area (Å²) in [4.78, 5) is 58.7. The molecule has 5 atom stereocenters. The van der Waals surface area contributed by atoms with E-state index in [-0.39, 0.29) is 19.3 Å². The fraction of sp³-hybridized carbons (Fsp3) is 0.697. The predicted molar refractivity (Wildman–Crippen MR) is 445 cm³/mol. The molecule has 4 N–H and O–H groups in total. The minimum atomic E-state index is -4.94. The van der Waals surface area contributed by atoms with Crippen molar-refractivity contribution in [3.05, 3.63) is 146 Å². The van der Waals surface area contributed by atoms with Crippen molar-refractivity contribution in [1.82, 2.24) is 0 Å². The lowest BCUT2D eigenvalue weighted by Gasteiger charge is -2.21. The van der Waals surface area contributed by atoms with Crippen molar-refractivity contribution in [2.75, 3.05) is 39.6 Å². The number of ether oxygens (including phenoxy) is 3. The molecule has 0 radical (unpaired) electrons. The van der Waals surface area contributed by atoms with E-state index in [1.54, 1.807) is 0 Å². The zero-order valence-corrected chi connectivity index (χ0v) is 69.1. The molecule has 107 heavy (non-hydrogen) atoms. The Kier molecular flexibility index (Phi) is 77.5. The molecular formula is C89H152O16P2. The largest absolute Gasteiger partial charge is 0.472 e. The van der Waals surface area contributed by atoms with E-state index in [1.807, 2.05) is 0 Å². The monoisotopic (exact) mass is 1540 g/mol. The summed E-state index contributed by atoms with van der Waals surface area (Å²) in [5, 5.41) is 20.7. The third-order valence-corrected chi connectivity index (χ3v) is 19.4. The molecule has 16 nitrogen and oxygen atoms in total. The molecule has 0 amide bonds. The maximum atomic E-state index is 13.0. The molecular weight excluding hydrogens is 1390 g/mol. The van der Waals surface area contributed by atoms with Gasteiger partial charge in [-0.05, 0) is 141 Å². The van der Waals surface area contributed by atoms with Crippen molar-refractivity contribution < 1.29 is 75.8 Å². The topological polar surface area (TPSA) is 231 Å². The minimum Gasteiger partial charge on any atom is -0.463 e. The van der Waals surface area contributed by atoms with Gasteiger partial charge in [0.25, 0.3) is 0 Å². The fourth-order valence-electron chi connectivity index (χ4n) is 11.2. The maximum Gasteiger partial charge on any atom is 0.472 e. The highest BCUT2D eigenvalue weighted by molar-refractivity contribution is 7.47. The van der Waals surface area contributed by atoms with Crippen molar-refractivity contribution in [2.45, 2.75) is 360 Å². The maximum absolute atomic E-state index is 13.0. The lowest BCUT2D eigenvalue weighted by molar-refractivity contribution is -0.161. The average Bonchev–Trinajstić information content (AvgIpc) is 0.914. The molecule has 0 aliphatic rings. The highest BCUT2D eigenvalue weighted by Crippen LogP contribution is 2.45. The van der Waals surface area contributed by atoms with E-state index in [2.05, 4.69) is 167 Å². The summed E-state index contributed by atoms with van der Waals surface area (Å²) in [6.45, 7) is 2.42. The lowest BCUT2D eigenvalue weighted by Crippen LogP contribution is -2.30. The Labute approximate surface area is 651 Å². The second-order valence-corrected chi connectivity index (χ2v) is 30.8. The third kappa shape index (κ3) is 82.2. The number of allylic oxidation sites excluding steroid dienone is 24. The van der Waals surface area contributed by atoms with Gasteiger partial charge < -0.3 is 34.2 Å². The molecule has 0 heterocycles. The molecule has 0 aromatic heterocycles. The van der Waals surface area contributed by atoms with Gasteiger partial charge in [0.2, 0.25) is 0 Å². The molecule has 0 bridgehead atoms. The normalized spacial score (nSPS) is 14.6. The number of rotatable bonds is 79. The van der Waals surface area contributed by atoms with Crippen LogP contribution in [0.1, 0.15) is 342 Å². The van der Waals surface area contributed by atoms with Crippen LogP contribution in [-0.4, -0.2) is 95.9 Å². The SMILES string of the molecule is CC/C=C\C/C=C\C/C=C\C/C=C\C/C=C\C/C=C\CCCCCCC(=O)OCC(COP(=O)(O)OCC(O)COP(=O)(O)OCC(O)COC(=O)CCCCCCCCCCCCCCCCCCCCC/C=C\C/C=C\C/C=C\C/C=C\C/C=C\CC)OC(=O)CCCCCCC/C=C\CCCCCC. The number of carbonyl (C=O) groups is 3. The van der Waals surface area contributed by atoms with E-state index in [1.165, 1.54) is 128 Å². The first-order chi connectivity index (χ1) is 52.2. The van der Waals surface area contributed by atoms with Crippen LogP contribution >= 0.6 is 15.6 Å². The van der Waals surface area contributed by atoms with Crippen LogP contribution in [0.25, 0.3) is 0 Å². The van der Waals surface area contributed by atoms with Gasteiger partial charge in [0, 0.05) is 19.3 Å². The van der Waals surface area contributed by atoms with Gasteiger partial charge >= 0.3 is 33.6 Å². The van der Waals surface area contributed by atoms with Gasteiger partial charge in [-0.2, -0.15) is 0 Å². The van der Waals surface area contributed by atoms with Crippen molar-refractivity contribution in [3.8, 4) is 0 Å². The Morgan fingerprint density at radius 1 is 0.271 bits per heavy atom. The average molecular weight is 1540 g/mol. The Bertz CT molecular complexity index is 2530. The standard InChI is InChI=1S/C89H152O16P2/c1-4-7-10-13-16-19-22-25-27-29-31-33-35-36-37-38-39-40-41-42-43-44-45-46-48-50-51-53-55-58-60-63-66-69-72-75-87(92)99-78-84(90)79-101-106(95,96)102-80-85(91)81-103-107(97,98)104-83-86(105-89(94)77-74-71-68-65-62-57-24-21-18-15-12-9-6-3)82-100-88(93)76-73-70-67-64-61-59-56-54-52-49-47-34-32-30-28-26-23-20-17-14-11-8-5-2/h7-8,10-11,16-17,19-21,24-28,31-34,36-37,49,52,56,59,84-86,90-91H,4-6,9,12-15,18,22-23,29-30,35,38-48,50-51,53-55,57-58,60-83H2,1-3H3,(H,95,96)(H,97,98)/b10-7-,11-8-,19-16-,20-17-,24-21-,27-25-,28-26-,33-31-,34-32-,37-36-,52-49-,59-56-. The molecule has 0 aromatic rings. The number of carbonyl (C=O) groups excluding carboxylic acids is 3. The smallest absolute Gasteiger partial charge is 0.463 e. The first-order valence-corrected chi connectivity index (χ1v) is 45.1. The summed E-state index contributed by atoms with van der Waals surface area (Å²) in [6, 6.07) is 0. The van der Waals surface area contributed by atoms with Gasteiger partial charge in [0.05, 0.1) is 26.4 Å². The third-order valence-electron chi connectivity index (χ3n) is 17.5. The van der Waals surface area contributed by atoms with E-state index in [9.17, 15) is 43.5 Å². The number of hydrogen-bond donors (Lipinski definition) is 4. The van der Waals surface area contributed by atoms with Gasteiger partial charge in [0.15, 0.2) is 6.10 Å². The van der Waals surface area contributed by atoms with Crippen molar-refractivity contribution in [2.24, 2.45) is 0 Å². The Hall–Kier alpha value is -4.57. The van der Waals surface area contributed by atoms with Gasteiger partial charge in [0.1, 0.15) is 25.4 Å². The van der Waals surface area contributed by atoms with Crippen molar-refractivity contribution in [3.63, 3.8) is 0 Å². The zero-order valence-electron chi connectivity index (χ0n) is 67.3. The van der Waals surface area contributed by atoms with E-state index < -0.39 is 91.5 Å². The lowest BCUT2D eigenvalue weighted by atomic mass is 10.0. The first-order valence-electron chi connectivity index (χ1n) is 42.1. The number of phosphoric acid groups is 2. The van der Waals surface area contributed by atoms with Crippen LogP contribution in [0.5, 0.6) is 0 Å². The van der Waals surface area contributed by atoms with Crippen LogP contribution in [0, 0.1) is 0 Å². The van der Waals surface area contributed by atoms with E-state index >= 15 is 0 Å². The summed E-state index contributed by atoms with van der Waals surface area (Å²) in [5.74, 6) is -1.61. The van der Waals surface area contributed by atoms with Gasteiger partial charge in [-0.15, -0.1) is 0 Å². The molecule has 0 rings (SSSR count). The number of hydrogen-bond acceptors (Lipinski definition) is 14. The first kappa shape index (κ1) is 102. The Morgan fingerprint density at radius 3 is 0.794 bits per heavy atom. The van der Waals surface area contributed by atoms with Crippen LogP contribution in [0.2, 0.25) is 0 Å². The van der Waals surface area contributed by atoms with E-state index in [0.29, 0.717) is 19.3 Å². The molecule has 0 aliphatic heterocycles. The zero-order chi connectivity index (χ0) is 78.0. The second-order valence-electron chi connectivity index (χ2n) is 27.9.